The molecular formula is C7H7F3N2. The normalized spacial score (nSPS) is 11.7. The predicted octanol–water partition coefficient (Wildman–Crippen LogP) is 1.99. The smallest absolute Gasteiger partial charge is 0.397 e. The average molecular weight is 176 g/mol. The number of hydrogen-bond acceptors (Lipinski definition) is 2. The Balaban J connectivity index is 3.19. The van der Waals surface area contributed by atoms with Crippen LogP contribution in [0.25, 0.3) is 0 Å². The molecule has 66 valence electrons. The molecule has 0 unspecified atom stereocenters. The van der Waals surface area contributed by atoms with Crippen LogP contribution < -0.4 is 5.73 Å². The minimum Gasteiger partial charge on any atom is -0.397 e. The van der Waals surface area contributed by atoms with Crippen molar-refractivity contribution in [2.75, 3.05) is 5.73 Å². The second kappa shape index (κ2) is 2.66. The monoisotopic (exact) mass is 176 g/mol. The van der Waals surface area contributed by atoms with Crippen LogP contribution in [0.2, 0.25) is 0 Å². The zero-order valence-corrected chi connectivity index (χ0v) is 6.31. The van der Waals surface area contributed by atoms with Gasteiger partial charge >= 0.3 is 6.18 Å². The van der Waals surface area contributed by atoms with Crippen molar-refractivity contribution in [2.24, 2.45) is 0 Å². The first-order valence-corrected chi connectivity index (χ1v) is 3.20. The summed E-state index contributed by atoms with van der Waals surface area (Å²) in [6.45, 7) is 1.33. The van der Waals surface area contributed by atoms with Crippen molar-refractivity contribution in [2.45, 2.75) is 13.1 Å². The highest BCUT2D eigenvalue weighted by Crippen LogP contribution is 2.30. The van der Waals surface area contributed by atoms with Crippen molar-refractivity contribution in [1.82, 2.24) is 4.98 Å². The van der Waals surface area contributed by atoms with Gasteiger partial charge in [0.15, 0.2) is 0 Å². The molecule has 0 aliphatic carbocycles. The Morgan fingerprint density at radius 1 is 1.42 bits per heavy atom. The van der Waals surface area contributed by atoms with Crippen LogP contribution in [0.3, 0.4) is 0 Å². The Bertz CT molecular complexity index is 293. The first-order valence-electron chi connectivity index (χ1n) is 3.20. The number of pyridine rings is 1. The third kappa shape index (κ3) is 1.66. The highest BCUT2D eigenvalue weighted by Gasteiger charge is 2.34. The van der Waals surface area contributed by atoms with Crippen LogP contribution in [0, 0.1) is 6.92 Å². The van der Waals surface area contributed by atoms with Gasteiger partial charge in [0.25, 0.3) is 0 Å². The van der Waals surface area contributed by atoms with E-state index in [0.717, 1.165) is 6.20 Å². The van der Waals surface area contributed by atoms with Gasteiger partial charge in [-0.3, -0.25) is 0 Å². The number of nitrogens with two attached hydrogens (primary N) is 1. The quantitative estimate of drug-likeness (QED) is 0.656. The summed E-state index contributed by atoms with van der Waals surface area (Å²) < 4.78 is 36.2. The lowest BCUT2D eigenvalue weighted by Crippen LogP contribution is -2.10. The van der Waals surface area contributed by atoms with Crippen LogP contribution >= 0.6 is 0 Å². The van der Waals surface area contributed by atoms with Crippen LogP contribution in [0.5, 0.6) is 0 Å². The van der Waals surface area contributed by atoms with E-state index >= 15 is 0 Å². The number of halogens is 3. The third-order valence-electron chi connectivity index (χ3n) is 1.37. The van der Waals surface area contributed by atoms with Crippen molar-refractivity contribution < 1.29 is 13.2 Å². The lowest BCUT2D eigenvalue weighted by molar-refractivity contribution is -0.141. The molecule has 1 aromatic heterocycles. The van der Waals surface area contributed by atoms with Gasteiger partial charge in [0.2, 0.25) is 0 Å². The molecular weight excluding hydrogens is 169 g/mol. The van der Waals surface area contributed by atoms with Crippen LogP contribution in [-0.4, -0.2) is 4.98 Å². The second-order valence-corrected chi connectivity index (χ2v) is 2.43. The third-order valence-corrected chi connectivity index (χ3v) is 1.37. The van der Waals surface area contributed by atoms with E-state index in [-0.39, 0.29) is 11.3 Å². The maximum absolute atomic E-state index is 12.1. The summed E-state index contributed by atoms with van der Waals surface area (Å²) in [7, 11) is 0. The van der Waals surface area contributed by atoms with E-state index in [1.807, 2.05) is 0 Å². The molecule has 0 aliphatic rings. The zero-order valence-electron chi connectivity index (χ0n) is 6.31. The first-order chi connectivity index (χ1) is 5.41. The van der Waals surface area contributed by atoms with Gasteiger partial charge in [-0.2, -0.15) is 13.2 Å². The Morgan fingerprint density at radius 3 is 2.42 bits per heavy atom. The van der Waals surface area contributed by atoms with E-state index in [1.54, 1.807) is 0 Å². The summed E-state index contributed by atoms with van der Waals surface area (Å²) in [4.78, 5) is 3.20. The van der Waals surface area contributed by atoms with Gasteiger partial charge in [-0.15, -0.1) is 0 Å². The number of aryl methyl sites for hydroxylation is 1. The number of nitrogen functional groups attached to an aromatic ring is 1. The van der Waals surface area contributed by atoms with Crippen LogP contribution in [-0.2, 0) is 6.18 Å². The summed E-state index contributed by atoms with van der Waals surface area (Å²) in [5.41, 5.74) is 4.64. The van der Waals surface area contributed by atoms with Crippen molar-refractivity contribution in [1.29, 1.82) is 0 Å². The number of rotatable bonds is 0. The number of nitrogens with zero attached hydrogens (tertiary/aromatic N) is 1. The fourth-order valence-corrected chi connectivity index (χ4v) is 0.893. The van der Waals surface area contributed by atoms with E-state index in [4.69, 9.17) is 5.73 Å². The lowest BCUT2D eigenvalue weighted by Gasteiger charge is -2.08. The highest BCUT2D eigenvalue weighted by molar-refractivity contribution is 5.40. The molecule has 1 heterocycles. The van der Waals surface area contributed by atoms with Crippen molar-refractivity contribution in [3.63, 3.8) is 0 Å². The van der Waals surface area contributed by atoms with Crippen LogP contribution in [0.1, 0.15) is 11.3 Å². The molecule has 0 radical (unpaired) electrons. The molecule has 0 saturated heterocycles. The standard InChI is InChI=1S/C7H7F3N2/c1-4-2-5(11)3-12-6(4)7(8,9)10/h2-3H,11H2,1H3. The molecule has 0 amide bonds. The van der Waals surface area contributed by atoms with Gasteiger partial charge in [-0.1, -0.05) is 0 Å². The number of anilines is 1. The Morgan fingerprint density at radius 2 is 2.00 bits per heavy atom. The summed E-state index contributed by atoms with van der Waals surface area (Å²) in [6, 6.07) is 1.25. The molecule has 0 saturated carbocycles. The molecule has 1 rings (SSSR count). The maximum atomic E-state index is 12.1. The average Bonchev–Trinajstić information content (AvgIpc) is 1.83. The Hall–Kier alpha value is -1.26. The highest BCUT2D eigenvalue weighted by atomic mass is 19.4. The molecule has 12 heavy (non-hydrogen) atoms. The Labute approximate surface area is 67.2 Å². The maximum Gasteiger partial charge on any atom is 0.433 e. The molecule has 1 aromatic rings. The number of hydrogen-bond donors (Lipinski definition) is 1. The van der Waals surface area contributed by atoms with E-state index in [1.165, 1.54) is 13.0 Å². The van der Waals surface area contributed by atoms with Crippen molar-refractivity contribution in [3.05, 3.63) is 23.5 Å². The van der Waals surface area contributed by atoms with Gasteiger partial charge < -0.3 is 5.73 Å². The minimum absolute atomic E-state index is 0.0440. The van der Waals surface area contributed by atoms with E-state index in [0.29, 0.717) is 0 Å². The summed E-state index contributed by atoms with van der Waals surface area (Å²) in [5, 5.41) is 0. The first kappa shape index (κ1) is 8.83. The van der Waals surface area contributed by atoms with Gasteiger partial charge in [0.1, 0.15) is 5.69 Å². The molecule has 0 aliphatic heterocycles. The van der Waals surface area contributed by atoms with E-state index < -0.39 is 11.9 Å². The number of alkyl halides is 3. The molecule has 2 N–H and O–H groups in total. The van der Waals surface area contributed by atoms with Gasteiger partial charge in [0.05, 0.1) is 11.9 Å². The number of aromatic nitrogens is 1. The van der Waals surface area contributed by atoms with Gasteiger partial charge in [-0.25, -0.2) is 4.98 Å². The molecule has 0 fully saturated rings. The lowest BCUT2D eigenvalue weighted by atomic mass is 10.2. The minimum atomic E-state index is -4.39. The summed E-state index contributed by atoms with van der Waals surface area (Å²) in [5.74, 6) is 0. The van der Waals surface area contributed by atoms with Gasteiger partial charge in [0, 0.05) is 0 Å². The SMILES string of the molecule is Cc1cc(N)cnc1C(F)(F)F. The topological polar surface area (TPSA) is 38.9 Å². The van der Waals surface area contributed by atoms with Crippen molar-refractivity contribution in [3.8, 4) is 0 Å². The molecule has 5 heteroatoms. The molecule has 0 bridgehead atoms. The summed E-state index contributed by atoms with van der Waals surface area (Å²) >= 11 is 0. The van der Waals surface area contributed by atoms with E-state index in [2.05, 4.69) is 4.98 Å². The van der Waals surface area contributed by atoms with E-state index in [9.17, 15) is 13.2 Å². The fraction of sp³-hybridized carbons (Fsp3) is 0.286. The largest absolute Gasteiger partial charge is 0.433 e. The van der Waals surface area contributed by atoms with Crippen LogP contribution in [0.15, 0.2) is 12.3 Å². The summed E-state index contributed by atoms with van der Waals surface area (Å²) in [6.07, 6.45) is -3.40. The van der Waals surface area contributed by atoms with Crippen LogP contribution in [0.4, 0.5) is 18.9 Å². The van der Waals surface area contributed by atoms with Crippen molar-refractivity contribution >= 4 is 5.69 Å². The molecule has 0 spiro atoms. The van der Waals surface area contributed by atoms with Gasteiger partial charge in [-0.05, 0) is 18.6 Å². The molecule has 0 aromatic carbocycles. The molecule has 2 nitrogen and oxygen atoms in total. The predicted molar refractivity (Wildman–Crippen MR) is 38.4 cm³/mol. The second-order valence-electron chi connectivity index (χ2n) is 2.43. The Kier molecular flexibility index (Phi) is 1.95. The fourth-order valence-electron chi connectivity index (χ4n) is 0.893. The molecule has 0 atom stereocenters. The zero-order chi connectivity index (χ0) is 9.35.